The number of halogens is 2. The summed E-state index contributed by atoms with van der Waals surface area (Å²) in [5.74, 6) is -0.909. The first-order valence-corrected chi connectivity index (χ1v) is 9.28. The Kier molecular flexibility index (Phi) is 5.71. The third-order valence-electron chi connectivity index (χ3n) is 4.30. The molecule has 0 bridgehead atoms. The van der Waals surface area contributed by atoms with Crippen LogP contribution in [0.3, 0.4) is 0 Å². The van der Waals surface area contributed by atoms with Crippen LogP contribution in [-0.2, 0) is 11.2 Å². The summed E-state index contributed by atoms with van der Waals surface area (Å²) in [6.07, 6.45) is 2.64. The minimum absolute atomic E-state index is 0.0401. The summed E-state index contributed by atoms with van der Waals surface area (Å²) in [6, 6.07) is 8.09. The quantitative estimate of drug-likeness (QED) is 0.364. The molecule has 3 aromatic rings. The van der Waals surface area contributed by atoms with E-state index in [1.807, 2.05) is 32.0 Å². The van der Waals surface area contributed by atoms with Crippen LogP contribution in [0, 0.1) is 12.7 Å². The maximum Gasteiger partial charge on any atom is 0.267 e. The van der Waals surface area contributed by atoms with E-state index in [-0.39, 0.29) is 22.0 Å². The number of benzene rings is 2. The van der Waals surface area contributed by atoms with Crippen LogP contribution in [0.25, 0.3) is 22.7 Å². The number of nitrogens with zero attached hydrogens (tertiary/aromatic N) is 2. The molecule has 2 aromatic carbocycles. The van der Waals surface area contributed by atoms with E-state index < -0.39 is 11.7 Å². The smallest absolute Gasteiger partial charge is 0.267 e. The van der Waals surface area contributed by atoms with Gasteiger partial charge in [0.1, 0.15) is 11.6 Å². The van der Waals surface area contributed by atoms with Crippen LogP contribution in [0.1, 0.15) is 23.9 Å². The van der Waals surface area contributed by atoms with Crippen molar-refractivity contribution in [1.82, 2.24) is 15.0 Å². The van der Waals surface area contributed by atoms with E-state index in [1.54, 1.807) is 0 Å². The Morgan fingerprint density at radius 2 is 2.11 bits per heavy atom. The van der Waals surface area contributed by atoms with E-state index in [2.05, 4.69) is 20.9 Å². The zero-order valence-electron chi connectivity index (χ0n) is 15.2. The van der Waals surface area contributed by atoms with Crippen molar-refractivity contribution in [2.24, 2.45) is 0 Å². The normalized spacial score (nSPS) is 11.3. The predicted molar refractivity (Wildman–Crippen MR) is 108 cm³/mol. The van der Waals surface area contributed by atoms with Gasteiger partial charge in [-0.2, -0.15) is 0 Å². The van der Waals surface area contributed by atoms with Crippen molar-refractivity contribution in [3.63, 3.8) is 0 Å². The van der Waals surface area contributed by atoms with Crippen LogP contribution < -0.4 is 11.0 Å². The lowest BCUT2D eigenvalue weighted by Crippen LogP contribution is -2.24. The Labute approximate surface area is 168 Å². The van der Waals surface area contributed by atoms with E-state index in [1.165, 1.54) is 28.3 Å². The molecule has 3 rings (SSSR count). The van der Waals surface area contributed by atoms with Crippen LogP contribution >= 0.6 is 15.9 Å². The zero-order chi connectivity index (χ0) is 20.4. The number of carbonyl (C=O) groups is 1. The second-order valence-electron chi connectivity index (χ2n) is 6.15. The molecular formula is C20H17BrFN3O3. The molecule has 0 radical (unpaired) electrons. The number of rotatable bonds is 4. The van der Waals surface area contributed by atoms with Gasteiger partial charge >= 0.3 is 0 Å². The first-order chi connectivity index (χ1) is 13.3. The monoisotopic (exact) mass is 445 g/mol. The molecule has 0 saturated heterocycles. The number of carbonyl (C=O) groups excluding carboxylic acids is 1. The first kappa shape index (κ1) is 19.9. The van der Waals surface area contributed by atoms with Crippen LogP contribution in [0.4, 0.5) is 4.39 Å². The number of fused-ring (bicyclic) bond motifs is 1. The van der Waals surface area contributed by atoms with E-state index in [0.717, 1.165) is 16.1 Å². The third-order valence-corrected chi connectivity index (χ3v) is 4.79. The highest BCUT2D eigenvalue weighted by Crippen LogP contribution is 2.22. The van der Waals surface area contributed by atoms with Gasteiger partial charge in [-0.25, -0.2) is 14.9 Å². The Morgan fingerprint density at radius 1 is 1.36 bits per heavy atom. The lowest BCUT2D eigenvalue weighted by molar-refractivity contribution is -0.124. The summed E-state index contributed by atoms with van der Waals surface area (Å²) in [7, 11) is 0. The summed E-state index contributed by atoms with van der Waals surface area (Å²) in [5.41, 5.74) is 2.97. The first-order valence-electron chi connectivity index (χ1n) is 8.49. The molecule has 0 fully saturated rings. The fourth-order valence-corrected chi connectivity index (χ4v) is 3.43. The highest BCUT2D eigenvalue weighted by molar-refractivity contribution is 9.10. The van der Waals surface area contributed by atoms with Crippen LogP contribution in [0.15, 0.2) is 45.7 Å². The van der Waals surface area contributed by atoms with Gasteiger partial charge in [-0.3, -0.25) is 19.4 Å². The van der Waals surface area contributed by atoms with Gasteiger partial charge in [0, 0.05) is 28.6 Å². The van der Waals surface area contributed by atoms with Crippen LogP contribution in [-0.4, -0.2) is 20.7 Å². The molecule has 0 aliphatic heterocycles. The van der Waals surface area contributed by atoms with Gasteiger partial charge in [-0.05, 0) is 42.8 Å². The van der Waals surface area contributed by atoms with E-state index in [0.29, 0.717) is 17.9 Å². The van der Waals surface area contributed by atoms with Gasteiger partial charge in [0.25, 0.3) is 11.5 Å². The van der Waals surface area contributed by atoms with Crippen molar-refractivity contribution < 1.29 is 14.4 Å². The summed E-state index contributed by atoms with van der Waals surface area (Å²) >= 11 is 3.41. The molecule has 6 nitrogen and oxygen atoms in total. The van der Waals surface area contributed by atoms with Gasteiger partial charge in [0.15, 0.2) is 0 Å². The Bertz CT molecular complexity index is 1170. The van der Waals surface area contributed by atoms with Crippen molar-refractivity contribution in [3.05, 3.63) is 74.0 Å². The summed E-state index contributed by atoms with van der Waals surface area (Å²) < 4.78 is 16.8. The molecule has 0 aliphatic rings. The zero-order valence-corrected chi connectivity index (χ0v) is 16.7. The van der Waals surface area contributed by atoms with Gasteiger partial charge < -0.3 is 0 Å². The van der Waals surface area contributed by atoms with Crippen molar-refractivity contribution in [2.75, 3.05) is 0 Å². The number of aromatic nitrogens is 2. The summed E-state index contributed by atoms with van der Waals surface area (Å²) in [5, 5.41) is 8.78. The predicted octanol–water partition coefficient (Wildman–Crippen LogP) is 3.68. The minimum atomic E-state index is -0.804. The summed E-state index contributed by atoms with van der Waals surface area (Å²) in [4.78, 5) is 28.9. The van der Waals surface area contributed by atoms with Gasteiger partial charge in [0.05, 0.1) is 16.6 Å². The molecule has 1 aromatic heterocycles. The van der Waals surface area contributed by atoms with Gasteiger partial charge in [-0.15, -0.1) is 0 Å². The maximum atomic E-state index is 14.4. The highest BCUT2D eigenvalue weighted by atomic mass is 79.9. The van der Waals surface area contributed by atoms with Crippen molar-refractivity contribution in [2.45, 2.75) is 20.3 Å². The molecule has 1 heterocycles. The second kappa shape index (κ2) is 8.04. The standard InChI is InChI=1S/C20H17BrFN3O3/c1-3-18-23-16-10-15(22)12(4-7-19(26)24-28)9-14(16)20(27)25(18)17-6-5-13(21)8-11(17)2/h4-10,28H,3H2,1-2H3,(H,24,26)/b7-4+. The Morgan fingerprint density at radius 3 is 2.75 bits per heavy atom. The molecule has 0 unspecified atom stereocenters. The minimum Gasteiger partial charge on any atom is -0.288 e. The fourth-order valence-electron chi connectivity index (χ4n) is 2.96. The molecule has 144 valence electrons. The van der Waals surface area contributed by atoms with Gasteiger partial charge in [0.2, 0.25) is 0 Å². The number of hydroxylamine groups is 1. The average molecular weight is 446 g/mol. The van der Waals surface area contributed by atoms with Crippen molar-refractivity contribution >= 4 is 38.8 Å². The largest absolute Gasteiger partial charge is 0.288 e. The molecular weight excluding hydrogens is 429 g/mol. The Hall–Kier alpha value is -2.84. The molecule has 0 saturated carbocycles. The van der Waals surface area contributed by atoms with E-state index >= 15 is 0 Å². The number of nitrogens with one attached hydrogen (secondary N) is 1. The molecule has 2 N–H and O–H groups in total. The molecule has 0 atom stereocenters. The van der Waals surface area contributed by atoms with E-state index in [4.69, 9.17) is 5.21 Å². The third kappa shape index (κ3) is 3.74. The van der Waals surface area contributed by atoms with Crippen LogP contribution in [0.5, 0.6) is 0 Å². The second-order valence-corrected chi connectivity index (χ2v) is 7.07. The molecule has 0 aliphatic carbocycles. The number of hydrogen-bond donors (Lipinski definition) is 2. The lowest BCUT2D eigenvalue weighted by atomic mass is 10.1. The fraction of sp³-hybridized carbons (Fsp3) is 0.150. The average Bonchev–Trinajstić information content (AvgIpc) is 2.67. The molecule has 0 spiro atoms. The number of hydrogen-bond acceptors (Lipinski definition) is 4. The lowest BCUT2D eigenvalue weighted by Gasteiger charge is -2.15. The molecule has 1 amide bonds. The Balaban J connectivity index is 2.29. The van der Waals surface area contributed by atoms with Crippen LogP contribution in [0.2, 0.25) is 0 Å². The molecule has 28 heavy (non-hydrogen) atoms. The summed E-state index contributed by atoms with van der Waals surface area (Å²) in [6.45, 7) is 3.77. The number of amides is 1. The van der Waals surface area contributed by atoms with Gasteiger partial charge in [-0.1, -0.05) is 22.9 Å². The number of aryl methyl sites for hydroxylation is 2. The van der Waals surface area contributed by atoms with Crippen molar-refractivity contribution in [3.8, 4) is 5.69 Å². The van der Waals surface area contributed by atoms with Crippen molar-refractivity contribution in [1.29, 1.82) is 0 Å². The topological polar surface area (TPSA) is 84.2 Å². The highest BCUT2D eigenvalue weighted by Gasteiger charge is 2.15. The molecule has 8 heteroatoms. The van der Waals surface area contributed by atoms with E-state index in [9.17, 15) is 14.0 Å². The SMILES string of the molecule is CCc1nc2cc(F)c(/C=C/C(=O)NO)cc2c(=O)n1-c1ccc(Br)cc1C. The maximum absolute atomic E-state index is 14.4.